The minimum Gasteiger partial charge on any atom is -0.490 e. The number of rotatable bonds is 5. The van der Waals surface area contributed by atoms with Gasteiger partial charge in [-0.25, -0.2) is 4.39 Å². The van der Waals surface area contributed by atoms with Crippen LogP contribution < -0.4 is 15.8 Å². The number of anilines is 2. The van der Waals surface area contributed by atoms with Crippen LogP contribution in [-0.4, -0.2) is 12.6 Å². The molecule has 0 aliphatic heterocycles. The third kappa shape index (κ3) is 2.32. The van der Waals surface area contributed by atoms with Crippen LogP contribution in [0.2, 0.25) is 0 Å². The smallest absolute Gasteiger partial charge is 0.167 e. The molecule has 4 heteroatoms. The quantitative estimate of drug-likeness (QED) is 0.800. The molecule has 0 aromatic heterocycles. The second kappa shape index (κ2) is 4.83. The van der Waals surface area contributed by atoms with Crippen LogP contribution in [0.4, 0.5) is 15.8 Å². The van der Waals surface area contributed by atoms with E-state index >= 15 is 0 Å². The van der Waals surface area contributed by atoms with Crippen molar-refractivity contribution in [3.05, 3.63) is 17.9 Å². The van der Waals surface area contributed by atoms with Crippen molar-refractivity contribution in [1.82, 2.24) is 0 Å². The van der Waals surface area contributed by atoms with E-state index in [0.717, 1.165) is 12.1 Å². The Bertz CT molecular complexity index is 497. The molecule has 0 unspecified atom stereocenters. The van der Waals surface area contributed by atoms with Crippen molar-refractivity contribution in [3.63, 3.8) is 0 Å². The molecule has 0 heterocycles. The minimum atomic E-state index is -0.407. The lowest BCUT2D eigenvalue weighted by Gasteiger charge is -2.14. The summed E-state index contributed by atoms with van der Waals surface area (Å²) in [5.41, 5.74) is 7.47. The molecule has 0 saturated heterocycles. The van der Waals surface area contributed by atoms with Crippen LogP contribution in [-0.2, 0) is 0 Å². The molecular weight excluding hydrogens is 255 g/mol. The Morgan fingerprint density at radius 2 is 1.85 bits per heavy atom. The second-order valence-corrected chi connectivity index (χ2v) is 6.74. The largest absolute Gasteiger partial charge is 0.490 e. The number of hydrogen-bond donors (Lipinski definition) is 2. The SMILES string of the molecule is CCCOc1cc(NC2C(C)(C)C2(C)C)c(N)cc1F. The van der Waals surface area contributed by atoms with Crippen molar-refractivity contribution in [2.45, 2.75) is 47.1 Å². The van der Waals surface area contributed by atoms with Crippen molar-refractivity contribution in [2.24, 2.45) is 10.8 Å². The lowest BCUT2D eigenvalue weighted by Crippen LogP contribution is -2.12. The van der Waals surface area contributed by atoms with E-state index in [1.54, 1.807) is 6.07 Å². The van der Waals surface area contributed by atoms with E-state index in [2.05, 4.69) is 33.0 Å². The van der Waals surface area contributed by atoms with Gasteiger partial charge in [-0.1, -0.05) is 34.6 Å². The van der Waals surface area contributed by atoms with Crippen LogP contribution >= 0.6 is 0 Å². The average Bonchev–Trinajstić information content (AvgIpc) is 2.73. The molecule has 1 aliphatic carbocycles. The number of benzene rings is 1. The summed E-state index contributed by atoms with van der Waals surface area (Å²) in [6.45, 7) is 11.4. The van der Waals surface area contributed by atoms with Gasteiger partial charge in [0.05, 0.1) is 18.0 Å². The molecule has 112 valence electrons. The fourth-order valence-electron chi connectivity index (χ4n) is 2.73. The molecule has 0 amide bonds. The number of hydrogen-bond acceptors (Lipinski definition) is 3. The van der Waals surface area contributed by atoms with E-state index in [-0.39, 0.29) is 16.6 Å². The van der Waals surface area contributed by atoms with Gasteiger partial charge in [0.15, 0.2) is 11.6 Å². The first kappa shape index (κ1) is 14.9. The molecule has 1 fully saturated rings. The molecule has 0 spiro atoms. The molecule has 20 heavy (non-hydrogen) atoms. The molecule has 3 nitrogen and oxygen atoms in total. The molecule has 0 radical (unpaired) electrons. The van der Waals surface area contributed by atoms with Crippen molar-refractivity contribution in [2.75, 3.05) is 17.7 Å². The van der Waals surface area contributed by atoms with Crippen LogP contribution in [0.25, 0.3) is 0 Å². The van der Waals surface area contributed by atoms with Gasteiger partial charge in [0.1, 0.15) is 0 Å². The number of halogens is 1. The third-order valence-electron chi connectivity index (χ3n) is 4.89. The van der Waals surface area contributed by atoms with Gasteiger partial charge < -0.3 is 15.8 Å². The molecule has 3 N–H and O–H groups in total. The van der Waals surface area contributed by atoms with E-state index in [9.17, 15) is 4.39 Å². The van der Waals surface area contributed by atoms with Crippen LogP contribution in [0, 0.1) is 16.6 Å². The van der Waals surface area contributed by atoms with E-state index < -0.39 is 5.82 Å². The standard InChI is InChI=1S/C16H25FN2O/c1-6-7-20-13-9-12(11(18)8-10(13)17)19-14-15(2,3)16(14,4)5/h8-9,14,19H,6-7,18H2,1-5H3. The lowest BCUT2D eigenvalue weighted by atomic mass is 10.0. The summed E-state index contributed by atoms with van der Waals surface area (Å²) in [4.78, 5) is 0. The Morgan fingerprint density at radius 3 is 2.35 bits per heavy atom. The average molecular weight is 280 g/mol. The predicted octanol–water partition coefficient (Wildman–Crippen LogP) is 4.04. The summed E-state index contributed by atoms with van der Waals surface area (Å²) in [5.74, 6) is -0.143. The maximum Gasteiger partial charge on any atom is 0.167 e. The van der Waals surface area contributed by atoms with Crippen molar-refractivity contribution < 1.29 is 9.13 Å². The molecule has 1 aliphatic rings. The van der Waals surface area contributed by atoms with Gasteiger partial charge in [0.2, 0.25) is 0 Å². The fourth-order valence-corrected chi connectivity index (χ4v) is 2.73. The van der Waals surface area contributed by atoms with Gasteiger partial charge in [0, 0.05) is 18.2 Å². The van der Waals surface area contributed by atoms with E-state index in [4.69, 9.17) is 10.5 Å². The first-order valence-corrected chi connectivity index (χ1v) is 7.20. The monoisotopic (exact) mass is 280 g/mol. The highest BCUT2D eigenvalue weighted by Crippen LogP contribution is 2.64. The number of nitrogen functional groups attached to an aromatic ring is 1. The highest BCUT2D eigenvalue weighted by Gasteiger charge is 2.65. The van der Waals surface area contributed by atoms with E-state index in [1.807, 2.05) is 6.92 Å². The van der Waals surface area contributed by atoms with E-state index in [0.29, 0.717) is 18.3 Å². The Kier molecular flexibility index (Phi) is 3.61. The zero-order valence-corrected chi connectivity index (χ0v) is 13.0. The number of ether oxygens (including phenoxy) is 1. The summed E-state index contributed by atoms with van der Waals surface area (Å²) in [7, 11) is 0. The maximum absolute atomic E-state index is 13.8. The summed E-state index contributed by atoms with van der Waals surface area (Å²) >= 11 is 0. The Balaban J connectivity index is 2.20. The Hall–Kier alpha value is -1.45. The second-order valence-electron chi connectivity index (χ2n) is 6.74. The molecule has 1 aromatic rings. The Morgan fingerprint density at radius 1 is 1.25 bits per heavy atom. The van der Waals surface area contributed by atoms with Crippen LogP contribution in [0.5, 0.6) is 5.75 Å². The molecule has 0 atom stereocenters. The van der Waals surface area contributed by atoms with Gasteiger partial charge in [0.25, 0.3) is 0 Å². The molecule has 0 bridgehead atoms. The van der Waals surface area contributed by atoms with Gasteiger partial charge in [-0.3, -0.25) is 0 Å². The summed E-state index contributed by atoms with van der Waals surface area (Å²) < 4.78 is 19.2. The minimum absolute atomic E-state index is 0.193. The van der Waals surface area contributed by atoms with Gasteiger partial charge >= 0.3 is 0 Å². The summed E-state index contributed by atoms with van der Waals surface area (Å²) in [6.07, 6.45) is 0.843. The number of nitrogens with two attached hydrogens (primary N) is 1. The molecule has 2 rings (SSSR count). The third-order valence-corrected chi connectivity index (χ3v) is 4.89. The molecular formula is C16H25FN2O. The van der Waals surface area contributed by atoms with Crippen LogP contribution in [0.15, 0.2) is 12.1 Å². The molecule has 1 aromatic carbocycles. The van der Waals surface area contributed by atoms with Crippen molar-refractivity contribution in [3.8, 4) is 5.75 Å². The van der Waals surface area contributed by atoms with Gasteiger partial charge in [-0.05, 0) is 17.3 Å². The first-order valence-electron chi connectivity index (χ1n) is 7.20. The lowest BCUT2D eigenvalue weighted by molar-refractivity contribution is 0.301. The fraction of sp³-hybridized carbons (Fsp3) is 0.625. The zero-order chi connectivity index (χ0) is 15.1. The highest BCUT2D eigenvalue weighted by molar-refractivity contribution is 5.70. The van der Waals surface area contributed by atoms with Gasteiger partial charge in [-0.2, -0.15) is 0 Å². The highest BCUT2D eigenvalue weighted by atomic mass is 19.1. The molecule has 1 saturated carbocycles. The first-order chi connectivity index (χ1) is 9.21. The van der Waals surface area contributed by atoms with Crippen molar-refractivity contribution in [1.29, 1.82) is 0 Å². The summed E-state index contributed by atoms with van der Waals surface area (Å²) in [5, 5.41) is 3.44. The normalized spacial score (nSPS) is 19.7. The number of nitrogens with one attached hydrogen (secondary N) is 1. The maximum atomic E-state index is 13.8. The van der Waals surface area contributed by atoms with Crippen LogP contribution in [0.3, 0.4) is 0 Å². The van der Waals surface area contributed by atoms with Crippen molar-refractivity contribution >= 4 is 11.4 Å². The topological polar surface area (TPSA) is 47.3 Å². The predicted molar refractivity (Wildman–Crippen MR) is 81.6 cm³/mol. The Labute approximate surface area is 120 Å². The van der Waals surface area contributed by atoms with Crippen LogP contribution in [0.1, 0.15) is 41.0 Å². The van der Waals surface area contributed by atoms with E-state index in [1.165, 1.54) is 6.07 Å². The summed E-state index contributed by atoms with van der Waals surface area (Å²) in [6, 6.07) is 3.32. The van der Waals surface area contributed by atoms with Gasteiger partial charge in [-0.15, -0.1) is 0 Å². The zero-order valence-electron chi connectivity index (χ0n) is 13.0.